The van der Waals surface area contributed by atoms with Crippen LogP contribution < -0.4 is 0 Å². The Morgan fingerprint density at radius 1 is 0.361 bits per heavy atom. The highest BCUT2D eigenvalue weighted by Crippen LogP contribution is 2.58. The van der Waals surface area contributed by atoms with Gasteiger partial charge in [-0.1, -0.05) is 94.1 Å². The first-order valence-electron chi connectivity index (χ1n) is 16.3. The molecule has 0 aliphatic carbocycles. The van der Waals surface area contributed by atoms with E-state index in [9.17, 15) is 38.4 Å². The van der Waals surface area contributed by atoms with E-state index in [1.807, 2.05) is 0 Å². The minimum Gasteiger partial charge on any atom is -0.465 e. The maximum atomic E-state index is 12.9. The van der Waals surface area contributed by atoms with Crippen molar-refractivity contribution in [2.75, 3.05) is 56.9 Å². The van der Waals surface area contributed by atoms with E-state index in [0.717, 1.165) is 151 Å². The van der Waals surface area contributed by atoms with Gasteiger partial charge in [-0.25, -0.2) is 38.4 Å². The summed E-state index contributed by atoms with van der Waals surface area (Å²) in [5, 5.41) is 0. The summed E-state index contributed by atoms with van der Waals surface area (Å²) in [6.07, 6.45) is 3.13. The largest absolute Gasteiger partial charge is 0.465 e. The number of carbonyl (C=O) groups excluding carboxylic acids is 8. The third-order valence-electron chi connectivity index (χ3n) is 7.48. The van der Waals surface area contributed by atoms with Crippen molar-refractivity contribution in [2.24, 2.45) is 0 Å². The zero-order valence-corrected chi connectivity index (χ0v) is 39.0. The summed E-state index contributed by atoms with van der Waals surface area (Å²) in [4.78, 5) is 102. The zero-order chi connectivity index (χ0) is 44.7. The van der Waals surface area contributed by atoms with Crippen LogP contribution in [-0.4, -0.2) is 105 Å². The topological polar surface area (TPSA) is 224 Å². The first-order chi connectivity index (χ1) is 29.2. The Balaban J connectivity index is 1.71. The SMILES string of the molecule is COC(=O)C1=C(C(=O)OC)SC(=CC(=C2SC(C(=O)OC)=C(C(=O)OC)S2)c2ccc(C(C=C3SC(C(=O)OC)=C(C(=O)OC)S3)=C3SC(C(=O)OC)=C(C(=O)OC)S3)o2)S1. The molecule has 0 atom stereocenters. The molecular formula is C36H28O17S8. The number of carbonyl (C=O) groups is 8. The predicted molar refractivity (Wildman–Crippen MR) is 234 cm³/mol. The fourth-order valence-corrected chi connectivity index (χ4v) is 14.4. The van der Waals surface area contributed by atoms with Crippen LogP contribution in [0.15, 0.2) is 84.9 Å². The number of rotatable bonds is 12. The van der Waals surface area contributed by atoms with Crippen LogP contribution in [0.5, 0.6) is 0 Å². The lowest BCUT2D eigenvalue weighted by atomic mass is 10.2. The first kappa shape index (κ1) is 47.8. The lowest BCUT2D eigenvalue weighted by molar-refractivity contribution is -0.138. The van der Waals surface area contributed by atoms with Crippen LogP contribution in [0.1, 0.15) is 11.5 Å². The van der Waals surface area contributed by atoms with E-state index in [-0.39, 0.29) is 61.9 Å². The van der Waals surface area contributed by atoms with Crippen molar-refractivity contribution in [3.05, 3.63) is 92.0 Å². The molecule has 4 aliphatic heterocycles. The molecule has 322 valence electrons. The highest BCUT2D eigenvalue weighted by atomic mass is 32.2. The summed E-state index contributed by atoms with van der Waals surface area (Å²) in [6.45, 7) is 0. The van der Waals surface area contributed by atoms with E-state index in [4.69, 9.17) is 42.3 Å². The number of hydrogen-bond acceptors (Lipinski definition) is 25. The average Bonchev–Trinajstić information content (AvgIpc) is 4.14. The van der Waals surface area contributed by atoms with Gasteiger partial charge in [0.05, 0.1) is 73.8 Å². The lowest BCUT2D eigenvalue weighted by Gasteiger charge is -2.08. The predicted octanol–water partition coefficient (Wildman–Crippen LogP) is 6.45. The van der Waals surface area contributed by atoms with Gasteiger partial charge >= 0.3 is 47.8 Å². The van der Waals surface area contributed by atoms with Crippen LogP contribution in [0.2, 0.25) is 0 Å². The molecule has 0 amide bonds. The summed E-state index contributed by atoms with van der Waals surface area (Å²) in [7, 11) is 9.19. The van der Waals surface area contributed by atoms with Crippen LogP contribution in [0.3, 0.4) is 0 Å². The molecule has 0 unspecified atom stereocenters. The van der Waals surface area contributed by atoms with Gasteiger partial charge in [-0.15, -0.1) is 0 Å². The summed E-state index contributed by atoms with van der Waals surface area (Å²) < 4.78 is 47.3. The van der Waals surface area contributed by atoms with Crippen LogP contribution in [0, 0.1) is 0 Å². The third kappa shape index (κ3) is 10.4. The standard InChI is InChI=1S/C36H28O17S8/c1-45-27(37)19-20(28(38)46-2)55-17(54-19)11-13(35-58-23(31(41)49-5)24(59-35)32(42)50-6)15-9-10-16(53-15)14(36-60-25(33(43)51-7)26(61-36)34(44)52-8)12-18-56-21(29(39)47-3)22(57-18)30(40)48-4/h9-12H,1-8H3. The summed E-state index contributed by atoms with van der Waals surface area (Å²) in [5.74, 6) is -6.25. The number of ether oxygens (including phenoxy) is 8. The Bertz CT molecular complexity index is 2130. The molecule has 1 aromatic heterocycles. The van der Waals surface area contributed by atoms with Crippen molar-refractivity contribution < 1.29 is 80.7 Å². The smallest absolute Gasteiger partial charge is 0.346 e. The normalized spacial score (nSPS) is 16.1. The van der Waals surface area contributed by atoms with E-state index < -0.39 is 47.8 Å². The molecule has 61 heavy (non-hydrogen) atoms. The Morgan fingerprint density at radius 2 is 0.557 bits per heavy atom. The van der Waals surface area contributed by atoms with Crippen molar-refractivity contribution in [1.82, 2.24) is 0 Å². The van der Waals surface area contributed by atoms with E-state index in [2.05, 4.69) is 0 Å². The first-order valence-corrected chi connectivity index (χ1v) is 22.8. The lowest BCUT2D eigenvalue weighted by Crippen LogP contribution is -2.08. The third-order valence-corrected chi connectivity index (χ3v) is 17.5. The molecule has 0 N–H and O–H groups in total. The molecule has 17 nitrogen and oxygen atoms in total. The van der Waals surface area contributed by atoms with E-state index in [0.29, 0.717) is 16.9 Å². The quantitative estimate of drug-likeness (QED) is 0.162. The van der Waals surface area contributed by atoms with Gasteiger partial charge in [-0.05, 0) is 24.3 Å². The number of thioether (sulfide) groups is 8. The maximum Gasteiger partial charge on any atom is 0.346 e. The molecule has 5 heterocycles. The van der Waals surface area contributed by atoms with Gasteiger partial charge in [0.15, 0.2) is 0 Å². The van der Waals surface area contributed by atoms with Gasteiger partial charge in [0, 0.05) is 11.1 Å². The second-order valence-corrected chi connectivity index (χ2v) is 20.2. The van der Waals surface area contributed by atoms with Crippen molar-refractivity contribution in [2.45, 2.75) is 0 Å². The monoisotopic (exact) mass is 988 g/mol. The second-order valence-electron chi connectivity index (χ2n) is 10.9. The van der Waals surface area contributed by atoms with E-state index >= 15 is 0 Å². The second kappa shape index (κ2) is 21.2. The molecule has 0 radical (unpaired) electrons. The average molecular weight is 989 g/mol. The Kier molecular flexibility index (Phi) is 16.6. The molecule has 1 aromatic rings. The number of allylic oxidation sites excluding steroid dienone is 4. The van der Waals surface area contributed by atoms with Crippen LogP contribution in [0.4, 0.5) is 0 Å². The summed E-state index contributed by atoms with van der Waals surface area (Å²) in [6, 6.07) is 3.10. The molecule has 0 saturated carbocycles. The number of furan rings is 1. The molecule has 0 bridgehead atoms. The van der Waals surface area contributed by atoms with Crippen LogP contribution in [0.25, 0.3) is 11.1 Å². The maximum absolute atomic E-state index is 12.9. The van der Waals surface area contributed by atoms with Gasteiger partial charge in [0.1, 0.15) is 50.8 Å². The van der Waals surface area contributed by atoms with Gasteiger partial charge in [-0.2, -0.15) is 0 Å². The molecule has 0 saturated heterocycles. The molecule has 25 heteroatoms. The van der Waals surface area contributed by atoms with Gasteiger partial charge < -0.3 is 42.3 Å². The van der Waals surface area contributed by atoms with E-state index in [1.165, 1.54) is 0 Å². The molecule has 0 aromatic carbocycles. The van der Waals surface area contributed by atoms with Gasteiger partial charge in [0.25, 0.3) is 0 Å². The van der Waals surface area contributed by atoms with Crippen molar-refractivity contribution >= 4 is 153 Å². The van der Waals surface area contributed by atoms with Crippen molar-refractivity contribution in [3.8, 4) is 0 Å². The highest BCUT2D eigenvalue weighted by Gasteiger charge is 2.39. The Labute approximate surface area is 380 Å². The van der Waals surface area contributed by atoms with Gasteiger partial charge in [0.2, 0.25) is 0 Å². The number of methoxy groups -OCH3 is 8. The molecular weight excluding hydrogens is 961 g/mol. The van der Waals surface area contributed by atoms with Crippen molar-refractivity contribution in [1.29, 1.82) is 0 Å². The minimum absolute atomic E-state index is 0.0486. The molecule has 4 aliphatic rings. The van der Waals surface area contributed by atoms with Gasteiger partial charge in [-0.3, -0.25) is 0 Å². The molecule has 0 fully saturated rings. The highest BCUT2D eigenvalue weighted by molar-refractivity contribution is 8.31. The fraction of sp³-hybridized carbons (Fsp3) is 0.222. The van der Waals surface area contributed by atoms with Crippen LogP contribution >= 0.6 is 94.1 Å². The van der Waals surface area contributed by atoms with Crippen LogP contribution in [-0.2, 0) is 76.3 Å². The zero-order valence-electron chi connectivity index (χ0n) is 32.5. The number of esters is 8. The number of hydrogen-bond donors (Lipinski definition) is 0. The molecule has 5 rings (SSSR count). The summed E-state index contributed by atoms with van der Waals surface area (Å²) >= 11 is 7.15. The Hall–Kier alpha value is -4.24. The van der Waals surface area contributed by atoms with Crippen molar-refractivity contribution in [3.63, 3.8) is 0 Å². The van der Waals surface area contributed by atoms with E-state index in [1.54, 1.807) is 24.3 Å². The Morgan fingerprint density at radius 3 is 0.754 bits per heavy atom. The fourth-order valence-electron chi connectivity index (χ4n) is 4.71. The molecule has 0 spiro atoms. The summed E-state index contributed by atoms with van der Waals surface area (Å²) in [5.41, 5.74) is 0.512. The minimum atomic E-state index is -0.825.